The van der Waals surface area contributed by atoms with Crippen molar-refractivity contribution in [2.75, 3.05) is 0 Å². The molecule has 8 heteroatoms. The van der Waals surface area contributed by atoms with Gasteiger partial charge in [0.15, 0.2) is 0 Å². The van der Waals surface area contributed by atoms with E-state index in [1.165, 1.54) is 6.07 Å². The van der Waals surface area contributed by atoms with Gasteiger partial charge in [-0.25, -0.2) is 4.98 Å². The van der Waals surface area contributed by atoms with Crippen LogP contribution in [-0.4, -0.2) is 9.91 Å². The molecule has 1 heterocycles. The number of para-hydroxylation sites is 1. The number of hydrogen-bond donors (Lipinski definition) is 0. The zero-order chi connectivity index (χ0) is 14.7. The minimum absolute atomic E-state index is 0.110. The van der Waals surface area contributed by atoms with Gasteiger partial charge in [-0.05, 0) is 12.1 Å². The molecule has 0 amide bonds. The lowest BCUT2D eigenvalue weighted by Crippen LogP contribution is -1.99. The molecule has 1 aromatic heterocycles. The molecule has 0 aliphatic heterocycles. The van der Waals surface area contributed by atoms with E-state index in [0.717, 1.165) is 6.20 Å². The van der Waals surface area contributed by atoms with Crippen LogP contribution in [0.2, 0.25) is 10.2 Å². The van der Waals surface area contributed by atoms with Crippen LogP contribution in [0.4, 0.5) is 5.69 Å². The molecule has 2 rings (SSSR count). The molecule has 0 fully saturated rings. The van der Waals surface area contributed by atoms with Crippen LogP contribution in [0.15, 0.2) is 30.5 Å². The summed E-state index contributed by atoms with van der Waals surface area (Å²) in [4.78, 5) is 13.9. The molecule has 0 unspecified atom stereocenters. The van der Waals surface area contributed by atoms with Crippen LogP contribution in [0.5, 0.6) is 11.5 Å². The molecule has 0 aliphatic carbocycles. The van der Waals surface area contributed by atoms with E-state index >= 15 is 0 Å². The van der Waals surface area contributed by atoms with Crippen molar-refractivity contribution in [3.63, 3.8) is 0 Å². The third kappa shape index (κ3) is 2.64. The number of hydrogen-bond acceptors (Lipinski definition) is 5. The van der Waals surface area contributed by atoms with Gasteiger partial charge in [0.2, 0.25) is 10.9 Å². The van der Waals surface area contributed by atoms with E-state index in [9.17, 15) is 10.1 Å². The highest BCUT2D eigenvalue weighted by Gasteiger charge is 2.26. The van der Waals surface area contributed by atoms with Gasteiger partial charge in [-0.1, -0.05) is 35.3 Å². The van der Waals surface area contributed by atoms with Crippen molar-refractivity contribution in [3.8, 4) is 17.6 Å². The summed E-state index contributed by atoms with van der Waals surface area (Å²) in [7, 11) is 0. The lowest BCUT2D eigenvalue weighted by atomic mass is 10.2. The molecule has 100 valence electrons. The first kappa shape index (κ1) is 14.1. The Morgan fingerprint density at radius 1 is 1.35 bits per heavy atom. The average Bonchev–Trinajstić information content (AvgIpc) is 2.41. The minimum Gasteiger partial charge on any atom is -0.447 e. The Hall–Kier alpha value is -2.36. The standard InChI is InChI=1S/C12H5Cl2N3O3/c13-8-3-1-2-4-9(8)20-11-7(5-15)6-16-12(14)10(11)17(18)19/h1-4,6H. The van der Waals surface area contributed by atoms with Crippen LogP contribution >= 0.6 is 23.2 Å². The number of aromatic nitrogens is 1. The number of nitrogens with zero attached hydrogens (tertiary/aromatic N) is 3. The summed E-state index contributed by atoms with van der Waals surface area (Å²) in [6.45, 7) is 0. The zero-order valence-electron chi connectivity index (χ0n) is 9.71. The van der Waals surface area contributed by atoms with Gasteiger partial charge in [0, 0.05) is 0 Å². The van der Waals surface area contributed by atoms with Crippen LogP contribution in [-0.2, 0) is 0 Å². The van der Waals surface area contributed by atoms with E-state index in [1.54, 1.807) is 24.3 Å². The largest absolute Gasteiger partial charge is 0.447 e. The van der Waals surface area contributed by atoms with Gasteiger partial charge in [-0.15, -0.1) is 0 Å². The van der Waals surface area contributed by atoms with Gasteiger partial charge in [-0.3, -0.25) is 10.1 Å². The second-order valence-electron chi connectivity index (χ2n) is 3.54. The minimum atomic E-state index is -0.762. The highest BCUT2D eigenvalue weighted by molar-refractivity contribution is 6.32. The Bertz CT molecular complexity index is 728. The number of pyridine rings is 1. The molecule has 0 radical (unpaired) electrons. The molecule has 20 heavy (non-hydrogen) atoms. The highest BCUT2D eigenvalue weighted by atomic mass is 35.5. The monoisotopic (exact) mass is 309 g/mol. The number of nitro groups is 1. The predicted molar refractivity (Wildman–Crippen MR) is 72.1 cm³/mol. The Morgan fingerprint density at radius 2 is 2.05 bits per heavy atom. The third-order valence-corrected chi connectivity index (χ3v) is 2.90. The van der Waals surface area contributed by atoms with Crippen LogP contribution in [0.25, 0.3) is 0 Å². The molecular weight excluding hydrogens is 305 g/mol. The summed E-state index contributed by atoms with van der Waals surface area (Å²) in [6, 6.07) is 8.15. The number of benzene rings is 1. The summed E-state index contributed by atoms with van der Waals surface area (Å²) in [5.41, 5.74) is -0.688. The van der Waals surface area contributed by atoms with Crippen LogP contribution in [0.3, 0.4) is 0 Å². The highest BCUT2D eigenvalue weighted by Crippen LogP contribution is 2.40. The topological polar surface area (TPSA) is 89.0 Å². The van der Waals surface area contributed by atoms with E-state index < -0.39 is 10.6 Å². The first-order valence-electron chi connectivity index (χ1n) is 5.20. The molecule has 0 bridgehead atoms. The molecule has 1 aromatic carbocycles. The molecule has 0 spiro atoms. The maximum Gasteiger partial charge on any atom is 0.349 e. The van der Waals surface area contributed by atoms with E-state index in [1.807, 2.05) is 0 Å². The van der Waals surface area contributed by atoms with Crippen molar-refractivity contribution in [2.24, 2.45) is 0 Å². The van der Waals surface area contributed by atoms with Crippen molar-refractivity contribution in [1.29, 1.82) is 5.26 Å². The summed E-state index contributed by atoms with van der Waals surface area (Å²) < 4.78 is 5.38. The quantitative estimate of drug-likeness (QED) is 0.486. The van der Waals surface area contributed by atoms with Gasteiger partial charge in [0.1, 0.15) is 17.4 Å². The molecule has 0 N–H and O–H groups in total. The number of nitriles is 1. The third-order valence-electron chi connectivity index (χ3n) is 2.31. The van der Waals surface area contributed by atoms with Crippen molar-refractivity contribution in [3.05, 3.63) is 56.3 Å². The number of halogens is 2. The molecule has 2 aromatic rings. The van der Waals surface area contributed by atoms with Gasteiger partial charge in [-0.2, -0.15) is 5.26 Å². The molecule has 0 aliphatic rings. The average molecular weight is 310 g/mol. The molecule has 0 saturated heterocycles. The van der Waals surface area contributed by atoms with E-state index in [-0.39, 0.29) is 27.2 Å². The van der Waals surface area contributed by atoms with E-state index in [4.69, 9.17) is 33.2 Å². The molecule has 0 saturated carbocycles. The van der Waals surface area contributed by atoms with E-state index in [2.05, 4.69) is 4.98 Å². The first-order valence-corrected chi connectivity index (χ1v) is 5.95. The Kier molecular flexibility index (Phi) is 4.03. The normalized spacial score (nSPS) is 9.85. The molecule has 6 nitrogen and oxygen atoms in total. The van der Waals surface area contributed by atoms with Gasteiger partial charge < -0.3 is 4.74 Å². The Labute approximate surface area is 123 Å². The summed E-state index contributed by atoms with van der Waals surface area (Å²) in [5.74, 6) is -0.110. The van der Waals surface area contributed by atoms with Crippen molar-refractivity contribution in [2.45, 2.75) is 0 Å². The van der Waals surface area contributed by atoms with E-state index in [0.29, 0.717) is 0 Å². The Balaban J connectivity index is 2.61. The lowest BCUT2D eigenvalue weighted by Gasteiger charge is -2.09. The van der Waals surface area contributed by atoms with Crippen molar-refractivity contribution >= 4 is 28.9 Å². The zero-order valence-corrected chi connectivity index (χ0v) is 11.2. The maximum absolute atomic E-state index is 11.0. The smallest absolute Gasteiger partial charge is 0.349 e. The van der Waals surface area contributed by atoms with Crippen LogP contribution in [0, 0.1) is 21.4 Å². The number of rotatable bonds is 3. The fourth-order valence-corrected chi connectivity index (χ4v) is 1.82. The summed E-state index contributed by atoms with van der Waals surface area (Å²) in [5, 5.41) is 19.9. The van der Waals surface area contributed by atoms with Gasteiger partial charge in [0.05, 0.1) is 16.1 Å². The lowest BCUT2D eigenvalue weighted by molar-refractivity contribution is -0.385. The number of ether oxygens (including phenoxy) is 1. The summed E-state index contributed by atoms with van der Waals surface area (Å²) in [6.07, 6.45) is 1.10. The fourth-order valence-electron chi connectivity index (χ4n) is 1.44. The van der Waals surface area contributed by atoms with Gasteiger partial charge in [0.25, 0.3) is 0 Å². The van der Waals surface area contributed by atoms with Gasteiger partial charge >= 0.3 is 5.69 Å². The maximum atomic E-state index is 11.0. The first-order chi connectivity index (χ1) is 9.54. The SMILES string of the molecule is N#Cc1cnc(Cl)c([N+](=O)[O-])c1Oc1ccccc1Cl. The Morgan fingerprint density at radius 3 is 2.65 bits per heavy atom. The second-order valence-corrected chi connectivity index (χ2v) is 4.31. The van der Waals surface area contributed by atoms with Crippen LogP contribution in [0.1, 0.15) is 5.56 Å². The summed E-state index contributed by atoms with van der Waals surface area (Å²) >= 11 is 11.6. The second kappa shape index (κ2) is 5.74. The molecule has 0 atom stereocenters. The van der Waals surface area contributed by atoms with Crippen molar-refractivity contribution in [1.82, 2.24) is 4.98 Å². The van der Waals surface area contributed by atoms with Crippen molar-refractivity contribution < 1.29 is 9.66 Å². The van der Waals surface area contributed by atoms with Crippen LogP contribution < -0.4 is 4.74 Å². The molecular formula is C12H5Cl2N3O3. The fraction of sp³-hybridized carbons (Fsp3) is 0. The predicted octanol–water partition coefficient (Wildman–Crippen LogP) is 3.96.